The van der Waals surface area contributed by atoms with Gasteiger partial charge < -0.3 is 0 Å². The number of hydrogen-bond donors (Lipinski definition) is 4. The van der Waals surface area contributed by atoms with E-state index in [1.54, 1.807) is 17.8 Å². The number of H-pyrrole nitrogens is 1. The molecule has 2 aromatic heterocycles. The second-order valence-electron chi connectivity index (χ2n) is 19.2. The van der Waals surface area contributed by atoms with Gasteiger partial charge in [0.05, 0.1) is 0 Å². The number of nitro groups is 1. The van der Waals surface area contributed by atoms with E-state index in [0.29, 0.717) is 52.3 Å². The van der Waals surface area contributed by atoms with Gasteiger partial charge in [-0.2, -0.15) is 0 Å². The van der Waals surface area contributed by atoms with Crippen LogP contribution < -0.4 is 17.2 Å². The van der Waals surface area contributed by atoms with Crippen molar-refractivity contribution in [3.05, 3.63) is 87.6 Å². The molecule has 2 saturated heterocycles. The number of ether oxygens (including phenoxy) is 2. The number of aliphatic hydroxyl groups is 1. The number of allylic oxidation sites excluding steroid dienone is 3. The molecular formula is C46H61N7O5Sn. The van der Waals surface area contributed by atoms with Crippen molar-refractivity contribution in [2.75, 3.05) is 57.8 Å². The summed E-state index contributed by atoms with van der Waals surface area (Å²) in [7, 11) is 0. The summed E-state index contributed by atoms with van der Waals surface area (Å²) in [5.74, 6) is 1.43. The predicted molar refractivity (Wildman–Crippen MR) is 232 cm³/mol. The van der Waals surface area contributed by atoms with Gasteiger partial charge in [0.15, 0.2) is 0 Å². The Morgan fingerprint density at radius 3 is 2.69 bits per heavy atom. The summed E-state index contributed by atoms with van der Waals surface area (Å²) >= 11 is -1.62. The molecule has 314 valence electrons. The van der Waals surface area contributed by atoms with E-state index in [4.69, 9.17) is 9.47 Å². The zero-order valence-electron chi connectivity index (χ0n) is 35.0. The van der Waals surface area contributed by atoms with Crippen molar-refractivity contribution in [1.82, 2.24) is 23.3 Å². The van der Waals surface area contributed by atoms with Gasteiger partial charge in [0.2, 0.25) is 0 Å². The van der Waals surface area contributed by atoms with E-state index in [1.807, 2.05) is 36.0 Å². The average Bonchev–Trinajstić information content (AvgIpc) is 3.68. The molecule has 1 aromatic carbocycles. The first kappa shape index (κ1) is 40.9. The smallest absolute Gasteiger partial charge is 0.0260 e. The van der Waals surface area contributed by atoms with Gasteiger partial charge in [-0.05, 0) is 54.8 Å². The molecule has 13 heteroatoms. The summed E-state index contributed by atoms with van der Waals surface area (Å²) in [6, 6.07) is 9.40. The number of aromatic amines is 1. The SMILES string of the molecule is CCC12CC(C3=C(CN4CCN(C5=CCC(C(O)[NH][Sn][c]6ccc(NCC7CCOCC7)c([N+](=O)[O-])c6)C(Oc6cnc7[nH]ccc7c6)=C5)CC4)CCC(C)(C)C3)(C1)C2. The fourth-order valence-corrected chi connectivity index (χ4v) is 13.5. The number of nitrogens with one attached hydrogen (secondary N) is 3. The number of nitrogens with zero attached hydrogens (tertiary/aromatic N) is 4. The van der Waals surface area contributed by atoms with E-state index in [0.717, 1.165) is 79.1 Å². The van der Waals surface area contributed by atoms with Crippen LogP contribution in [0.25, 0.3) is 11.0 Å². The van der Waals surface area contributed by atoms with Crippen LogP contribution in [0.1, 0.15) is 85.0 Å². The van der Waals surface area contributed by atoms with Crippen molar-refractivity contribution >= 4 is 47.4 Å². The molecule has 2 bridgehead atoms. The largest absolute Gasteiger partial charge is 0.0596 e. The quantitative estimate of drug-likeness (QED) is 0.0413. The Labute approximate surface area is 359 Å². The minimum Gasteiger partial charge on any atom is -0.0596 e. The van der Waals surface area contributed by atoms with Crippen LogP contribution in [0.2, 0.25) is 0 Å². The van der Waals surface area contributed by atoms with E-state index in [-0.39, 0.29) is 16.5 Å². The van der Waals surface area contributed by atoms with Crippen molar-refractivity contribution in [2.45, 2.75) is 91.2 Å². The third-order valence-electron chi connectivity index (χ3n) is 14.6. The monoisotopic (exact) mass is 911 g/mol. The third kappa shape index (κ3) is 8.71. The Morgan fingerprint density at radius 1 is 1.14 bits per heavy atom. The molecule has 4 N–H and O–H groups in total. The Balaban J connectivity index is 0.861. The molecule has 2 radical (unpaired) electrons. The molecule has 4 heterocycles. The molecule has 12 nitrogen and oxygen atoms in total. The second-order valence-corrected chi connectivity index (χ2v) is 22.4. The number of aromatic nitrogens is 2. The minimum absolute atomic E-state index is 0.0768. The van der Waals surface area contributed by atoms with Gasteiger partial charge >= 0.3 is 273 Å². The van der Waals surface area contributed by atoms with Crippen LogP contribution in [0.3, 0.4) is 0 Å². The molecule has 0 amide bonds. The summed E-state index contributed by atoms with van der Waals surface area (Å²) in [5.41, 5.74) is 7.73. The summed E-state index contributed by atoms with van der Waals surface area (Å²) in [6.45, 7) is 14.6. The van der Waals surface area contributed by atoms with Crippen LogP contribution in [-0.2, 0) is 4.74 Å². The molecule has 59 heavy (non-hydrogen) atoms. The number of anilines is 1. The number of nitro benzene ring substituents is 1. The van der Waals surface area contributed by atoms with Gasteiger partial charge in [-0.15, -0.1) is 0 Å². The van der Waals surface area contributed by atoms with Crippen molar-refractivity contribution in [3.8, 4) is 5.75 Å². The standard InChI is InChI=1S/C34H46N5O2.C12H15N2O3.Sn/c1-4-33-20-34(21-33,22-33)28-17-32(2,3)9-7-24(28)19-38-11-13-39(14-12-38)25-5-6-27(30(35)40)29(16-25)41-26-15-23-8-10-36-31(23)37-18-26;15-14(16)12-4-2-1-3-11(12)13-9-10-5-7-17-8-6-10;/h5,8,10,15-16,18,27,30,35,40H,4,6-7,9,11-14,17,19-22H2,1-3H3,(H,36,37);1,3-4,10,13H,5-9H2;/q-1;;+1. The van der Waals surface area contributed by atoms with Crippen LogP contribution in [0.5, 0.6) is 5.75 Å². The Morgan fingerprint density at radius 2 is 1.93 bits per heavy atom. The Hall–Kier alpha value is -3.43. The summed E-state index contributed by atoms with van der Waals surface area (Å²) < 4.78 is 16.4. The number of rotatable bonds is 15. The van der Waals surface area contributed by atoms with Crippen molar-refractivity contribution in [3.63, 3.8) is 0 Å². The first-order valence-corrected chi connectivity index (χ1v) is 24.9. The molecule has 10 rings (SSSR count). The van der Waals surface area contributed by atoms with Gasteiger partial charge in [0.25, 0.3) is 0 Å². The fraction of sp³-hybridized carbons (Fsp3) is 0.587. The normalized spacial score (nSPS) is 27.7. The van der Waals surface area contributed by atoms with E-state index < -0.39 is 27.6 Å². The molecule has 3 saturated carbocycles. The molecular weight excluding hydrogens is 849 g/mol. The molecule has 0 spiro atoms. The van der Waals surface area contributed by atoms with Gasteiger partial charge in [-0.25, -0.2) is 0 Å². The third-order valence-corrected chi connectivity index (χ3v) is 17.5. The number of fused-ring (bicyclic) bond motifs is 1. The van der Waals surface area contributed by atoms with Gasteiger partial charge in [0.1, 0.15) is 0 Å². The van der Waals surface area contributed by atoms with Crippen LogP contribution in [0.15, 0.2) is 77.5 Å². The van der Waals surface area contributed by atoms with Gasteiger partial charge in [-0.3, -0.25) is 0 Å². The molecule has 5 aliphatic carbocycles. The topological polar surface area (TPSA) is 141 Å². The number of pyridine rings is 1. The number of benzene rings is 1. The Bertz CT molecular complexity index is 2110. The number of aliphatic hydroxyl groups excluding tert-OH is 1. The van der Waals surface area contributed by atoms with E-state index in [1.165, 1.54) is 44.9 Å². The molecule has 2 unspecified atom stereocenters. The van der Waals surface area contributed by atoms with E-state index in [2.05, 4.69) is 61.5 Å². The molecule has 2 aliphatic heterocycles. The van der Waals surface area contributed by atoms with E-state index >= 15 is 0 Å². The maximum absolute atomic E-state index is 12.1. The zero-order valence-corrected chi connectivity index (χ0v) is 37.9. The summed E-state index contributed by atoms with van der Waals surface area (Å²) in [5, 5.41) is 28.1. The van der Waals surface area contributed by atoms with Crippen LogP contribution in [-0.4, -0.2) is 110 Å². The van der Waals surface area contributed by atoms with Crippen LogP contribution >= 0.6 is 0 Å². The summed E-state index contributed by atoms with van der Waals surface area (Å²) in [6.07, 6.45) is 19.0. The zero-order chi connectivity index (χ0) is 40.8. The first-order chi connectivity index (χ1) is 28.5. The number of hydrogen-bond acceptors (Lipinski definition) is 10. The van der Waals surface area contributed by atoms with Gasteiger partial charge in [-0.1, -0.05) is 32.8 Å². The molecule has 7 aliphatic rings. The predicted octanol–water partition coefficient (Wildman–Crippen LogP) is 7.03. The van der Waals surface area contributed by atoms with Gasteiger partial charge in [0, 0.05) is 0 Å². The van der Waals surface area contributed by atoms with Crippen molar-refractivity contribution < 1.29 is 19.5 Å². The average molecular weight is 911 g/mol. The maximum atomic E-state index is 12.1. The second kappa shape index (κ2) is 16.8. The van der Waals surface area contributed by atoms with Crippen LogP contribution in [0, 0.1) is 38.2 Å². The Kier molecular flexibility index (Phi) is 11.7. The maximum Gasteiger partial charge on any atom is -0.0260 e. The molecule has 3 aromatic rings. The first-order valence-electron chi connectivity index (χ1n) is 22.0. The van der Waals surface area contributed by atoms with Crippen LogP contribution in [0.4, 0.5) is 11.4 Å². The van der Waals surface area contributed by atoms with Crippen molar-refractivity contribution in [2.24, 2.45) is 28.1 Å². The minimum atomic E-state index is -1.62. The molecule has 5 fully saturated rings. The molecule has 2 atom stereocenters. The van der Waals surface area contributed by atoms with Crippen molar-refractivity contribution in [1.29, 1.82) is 0 Å². The fourth-order valence-electron chi connectivity index (χ4n) is 11.0. The number of piperazine rings is 1. The summed E-state index contributed by atoms with van der Waals surface area (Å²) in [4.78, 5) is 24.7. The van der Waals surface area contributed by atoms with E-state index in [9.17, 15) is 15.2 Å².